The summed E-state index contributed by atoms with van der Waals surface area (Å²) in [6.45, 7) is 4.58. The molecule has 20 heavy (non-hydrogen) atoms. The molecule has 0 aromatic heterocycles. The van der Waals surface area contributed by atoms with E-state index in [1.54, 1.807) is 7.11 Å². The maximum absolute atomic E-state index is 11.6. The van der Waals surface area contributed by atoms with Gasteiger partial charge < -0.3 is 20.1 Å². The predicted octanol–water partition coefficient (Wildman–Crippen LogP) is 1.36. The lowest BCUT2D eigenvalue weighted by molar-refractivity contribution is -0.120. The first-order valence-electron chi connectivity index (χ1n) is 6.45. The van der Waals surface area contributed by atoms with E-state index in [0.29, 0.717) is 32.8 Å². The molecule has 0 radical (unpaired) electrons. The van der Waals surface area contributed by atoms with Crippen LogP contribution >= 0.6 is 12.4 Å². The third kappa shape index (κ3) is 7.33. The van der Waals surface area contributed by atoms with Gasteiger partial charge in [0, 0.05) is 25.8 Å². The number of methoxy groups -OCH3 is 1. The summed E-state index contributed by atoms with van der Waals surface area (Å²) in [5.74, 6) is 0.778. The van der Waals surface area contributed by atoms with Gasteiger partial charge in [-0.2, -0.15) is 0 Å². The lowest BCUT2D eigenvalue weighted by Crippen LogP contribution is -2.34. The average Bonchev–Trinajstić information content (AvgIpc) is 2.43. The van der Waals surface area contributed by atoms with Gasteiger partial charge in [0.1, 0.15) is 5.75 Å². The number of hydrogen-bond acceptors (Lipinski definition) is 4. The Bertz CT molecular complexity index is 388. The van der Waals surface area contributed by atoms with Crippen molar-refractivity contribution in [1.82, 2.24) is 10.6 Å². The minimum atomic E-state index is -0.0394. The molecule has 0 aliphatic heterocycles. The molecule has 5 nitrogen and oxygen atoms in total. The van der Waals surface area contributed by atoms with Gasteiger partial charge >= 0.3 is 0 Å². The number of nitrogens with one attached hydrogen (secondary N) is 2. The van der Waals surface area contributed by atoms with Crippen molar-refractivity contribution in [2.24, 2.45) is 0 Å². The summed E-state index contributed by atoms with van der Waals surface area (Å²) in [6.07, 6.45) is 0. The highest BCUT2D eigenvalue weighted by atomic mass is 35.5. The van der Waals surface area contributed by atoms with Crippen LogP contribution < -0.4 is 15.4 Å². The van der Waals surface area contributed by atoms with E-state index in [4.69, 9.17) is 9.47 Å². The quantitative estimate of drug-likeness (QED) is 0.676. The van der Waals surface area contributed by atoms with E-state index in [1.807, 2.05) is 31.2 Å². The van der Waals surface area contributed by atoms with Gasteiger partial charge in [0.05, 0.1) is 19.8 Å². The van der Waals surface area contributed by atoms with Crippen LogP contribution in [0.15, 0.2) is 24.3 Å². The number of para-hydroxylation sites is 1. The Morgan fingerprint density at radius 3 is 2.75 bits per heavy atom. The van der Waals surface area contributed by atoms with Crippen molar-refractivity contribution in [2.45, 2.75) is 13.5 Å². The van der Waals surface area contributed by atoms with Crippen LogP contribution in [0.2, 0.25) is 0 Å². The highest BCUT2D eigenvalue weighted by Crippen LogP contribution is 2.17. The summed E-state index contributed by atoms with van der Waals surface area (Å²) in [5, 5.41) is 5.85. The number of amides is 1. The molecule has 0 aliphatic carbocycles. The van der Waals surface area contributed by atoms with Crippen LogP contribution in [-0.2, 0) is 16.1 Å². The van der Waals surface area contributed by atoms with E-state index in [9.17, 15) is 4.79 Å². The Balaban J connectivity index is 0.00000361. The third-order valence-electron chi connectivity index (χ3n) is 2.52. The van der Waals surface area contributed by atoms with Gasteiger partial charge in [0.15, 0.2) is 0 Å². The van der Waals surface area contributed by atoms with Gasteiger partial charge in [-0.05, 0) is 13.0 Å². The Hall–Kier alpha value is -1.30. The number of carbonyl (C=O) groups is 1. The highest BCUT2D eigenvalue weighted by Gasteiger charge is 2.04. The van der Waals surface area contributed by atoms with Crippen LogP contribution in [0.1, 0.15) is 12.5 Å². The smallest absolute Gasteiger partial charge is 0.234 e. The molecule has 0 spiro atoms. The van der Waals surface area contributed by atoms with Crippen molar-refractivity contribution in [1.29, 1.82) is 0 Å². The molecule has 1 aromatic carbocycles. The Labute approximate surface area is 126 Å². The van der Waals surface area contributed by atoms with Crippen LogP contribution in [0.25, 0.3) is 0 Å². The van der Waals surface area contributed by atoms with E-state index in [1.165, 1.54) is 0 Å². The molecule has 6 heteroatoms. The fourth-order valence-electron chi connectivity index (χ4n) is 1.58. The summed E-state index contributed by atoms with van der Waals surface area (Å²) < 4.78 is 10.4. The van der Waals surface area contributed by atoms with Gasteiger partial charge in [-0.3, -0.25) is 4.79 Å². The normalized spacial score (nSPS) is 9.70. The zero-order valence-electron chi connectivity index (χ0n) is 12.0. The van der Waals surface area contributed by atoms with Crippen molar-refractivity contribution < 1.29 is 14.3 Å². The van der Waals surface area contributed by atoms with Gasteiger partial charge in [-0.15, -0.1) is 12.4 Å². The number of hydrogen-bond donors (Lipinski definition) is 2. The lowest BCUT2D eigenvalue weighted by Gasteiger charge is -2.11. The zero-order valence-corrected chi connectivity index (χ0v) is 12.8. The highest BCUT2D eigenvalue weighted by molar-refractivity contribution is 5.85. The molecule has 0 saturated heterocycles. The van der Waals surface area contributed by atoms with Crippen LogP contribution in [-0.4, -0.2) is 39.3 Å². The fourth-order valence-corrected chi connectivity index (χ4v) is 1.58. The summed E-state index contributed by atoms with van der Waals surface area (Å²) in [5.41, 5.74) is 0.981. The fraction of sp³-hybridized carbons (Fsp3) is 0.500. The third-order valence-corrected chi connectivity index (χ3v) is 2.52. The van der Waals surface area contributed by atoms with Crippen LogP contribution in [0, 0.1) is 0 Å². The predicted molar refractivity (Wildman–Crippen MR) is 81.5 cm³/mol. The van der Waals surface area contributed by atoms with Crippen molar-refractivity contribution in [3.05, 3.63) is 29.8 Å². The molecule has 0 saturated carbocycles. The van der Waals surface area contributed by atoms with Crippen molar-refractivity contribution in [3.63, 3.8) is 0 Å². The van der Waals surface area contributed by atoms with E-state index in [0.717, 1.165) is 11.3 Å². The van der Waals surface area contributed by atoms with E-state index in [-0.39, 0.29) is 18.3 Å². The lowest BCUT2D eigenvalue weighted by atomic mass is 10.2. The number of carbonyl (C=O) groups excluding carboxylic acids is 1. The van der Waals surface area contributed by atoms with Gasteiger partial charge in [0.25, 0.3) is 0 Å². The van der Waals surface area contributed by atoms with Crippen molar-refractivity contribution in [2.75, 3.05) is 33.4 Å². The molecular formula is C14H23ClN2O3. The second kappa shape index (κ2) is 11.5. The second-order valence-electron chi connectivity index (χ2n) is 3.99. The molecule has 1 amide bonds. The number of ether oxygens (including phenoxy) is 2. The molecule has 0 bridgehead atoms. The molecule has 0 aliphatic rings. The molecule has 2 N–H and O–H groups in total. The first-order valence-corrected chi connectivity index (χ1v) is 6.45. The monoisotopic (exact) mass is 302 g/mol. The summed E-state index contributed by atoms with van der Waals surface area (Å²) in [7, 11) is 1.63. The van der Waals surface area contributed by atoms with Gasteiger partial charge in [-0.25, -0.2) is 0 Å². The van der Waals surface area contributed by atoms with Gasteiger partial charge in [-0.1, -0.05) is 18.2 Å². The van der Waals surface area contributed by atoms with Crippen LogP contribution in [0.3, 0.4) is 0 Å². The molecule has 114 valence electrons. The van der Waals surface area contributed by atoms with Crippen molar-refractivity contribution in [3.8, 4) is 5.75 Å². The Kier molecular flexibility index (Phi) is 10.8. The summed E-state index contributed by atoms with van der Waals surface area (Å²) in [4.78, 5) is 11.6. The standard InChI is InChI=1S/C14H22N2O3.ClH/c1-3-19-13-7-5-4-6-12(13)10-16-14(17)11-15-8-9-18-2;/h4-7,15H,3,8-11H2,1-2H3,(H,16,17);1H. The average molecular weight is 303 g/mol. The Morgan fingerprint density at radius 2 is 2.05 bits per heavy atom. The summed E-state index contributed by atoms with van der Waals surface area (Å²) >= 11 is 0. The minimum absolute atomic E-state index is 0. The first kappa shape index (κ1) is 18.7. The maximum Gasteiger partial charge on any atom is 0.234 e. The maximum atomic E-state index is 11.6. The molecule has 0 atom stereocenters. The molecule has 0 fully saturated rings. The second-order valence-corrected chi connectivity index (χ2v) is 3.99. The first-order chi connectivity index (χ1) is 9.27. The van der Waals surface area contributed by atoms with E-state index >= 15 is 0 Å². The summed E-state index contributed by atoms with van der Waals surface area (Å²) in [6, 6.07) is 7.70. The number of halogens is 1. The Morgan fingerprint density at radius 1 is 1.30 bits per heavy atom. The largest absolute Gasteiger partial charge is 0.494 e. The molecule has 1 rings (SSSR count). The number of rotatable bonds is 9. The molecule has 0 unspecified atom stereocenters. The van der Waals surface area contributed by atoms with E-state index in [2.05, 4.69) is 10.6 Å². The molecular weight excluding hydrogens is 280 g/mol. The van der Waals surface area contributed by atoms with Crippen molar-refractivity contribution >= 4 is 18.3 Å². The minimum Gasteiger partial charge on any atom is -0.494 e. The topological polar surface area (TPSA) is 59.6 Å². The van der Waals surface area contributed by atoms with Crippen LogP contribution in [0.5, 0.6) is 5.75 Å². The van der Waals surface area contributed by atoms with Crippen LogP contribution in [0.4, 0.5) is 0 Å². The zero-order chi connectivity index (χ0) is 13.9. The molecule has 0 heterocycles. The van der Waals surface area contributed by atoms with Gasteiger partial charge in [0.2, 0.25) is 5.91 Å². The SMILES string of the molecule is CCOc1ccccc1CNC(=O)CNCCOC.Cl. The van der Waals surface area contributed by atoms with E-state index < -0.39 is 0 Å². The number of benzene rings is 1. The molecule has 1 aromatic rings.